The van der Waals surface area contributed by atoms with Gasteiger partial charge in [-0.25, -0.2) is 0 Å². The summed E-state index contributed by atoms with van der Waals surface area (Å²) in [5.74, 6) is 0.0370. The van der Waals surface area contributed by atoms with Gasteiger partial charge in [-0.15, -0.1) is 0 Å². The minimum Gasteiger partial charge on any atom is -0.496 e. The van der Waals surface area contributed by atoms with Crippen molar-refractivity contribution < 1.29 is 9.53 Å². The number of amides is 1. The highest BCUT2D eigenvalue weighted by Gasteiger charge is 2.17. The topological polar surface area (TPSA) is 67.0 Å². The average Bonchev–Trinajstić information content (AvgIpc) is 3.16. The lowest BCUT2D eigenvalue weighted by Crippen LogP contribution is -2.14. The van der Waals surface area contributed by atoms with Crippen molar-refractivity contribution in [3.63, 3.8) is 0 Å². The van der Waals surface area contributed by atoms with E-state index in [1.165, 1.54) is 7.11 Å². The van der Waals surface area contributed by atoms with Gasteiger partial charge in [0.25, 0.3) is 5.91 Å². The maximum Gasteiger partial charge on any atom is 0.259 e. The Hall–Kier alpha value is -3.23. The molecule has 0 atom stereocenters. The quantitative estimate of drug-likeness (QED) is 0.763. The number of nitrogens with one attached hydrogen (secondary N) is 1. The van der Waals surface area contributed by atoms with Crippen molar-refractivity contribution in [1.29, 1.82) is 5.26 Å². The van der Waals surface area contributed by atoms with Crippen LogP contribution in [0.25, 0.3) is 5.69 Å². The van der Waals surface area contributed by atoms with E-state index in [0.717, 1.165) is 0 Å². The fourth-order valence-corrected chi connectivity index (χ4v) is 2.71. The number of carbonyl (C=O) groups excluding carboxylic acids is 1. The highest BCUT2D eigenvalue weighted by atomic mass is 35.5. The van der Waals surface area contributed by atoms with Crippen LogP contribution in [0.1, 0.15) is 15.9 Å². The molecule has 2 aromatic carbocycles. The van der Waals surface area contributed by atoms with Gasteiger partial charge in [0.1, 0.15) is 5.75 Å². The summed E-state index contributed by atoms with van der Waals surface area (Å²) in [6.07, 6.45) is 3.71. The SMILES string of the molecule is COc1cc(-n2cccc2)c(Cl)cc1C(=O)Nc1cccc(C#N)c1. The van der Waals surface area contributed by atoms with Crippen molar-refractivity contribution in [2.45, 2.75) is 0 Å². The Morgan fingerprint density at radius 1 is 1.20 bits per heavy atom. The number of nitrogens with zero attached hydrogens (tertiary/aromatic N) is 2. The zero-order valence-corrected chi connectivity index (χ0v) is 14.1. The van der Waals surface area contributed by atoms with Gasteiger partial charge in [-0.2, -0.15) is 5.26 Å². The molecule has 0 bridgehead atoms. The van der Waals surface area contributed by atoms with E-state index in [4.69, 9.17) is 21.6 Å². The largest absolute Gasteiger partial charge is 0.496 e. The number of anilines is 1. The van der Waals surface area contributed by atoms with Crippen LogP contribution in [0, 0.1) is 11.3 Å². The van der Waals surface area contributed by atoms with E-state index in [2.05, 4.69) is 5.32 Å². The Balaban J connectivity index is 1.94. The molecular formula is C19H14ClN3O2. The van der Waals surface area contributed by atoms with Gasteiger partial charge in [0.05, 0.1) is 35.0 Å². The molecule has 0 aliphatic rings. The Labute approximate surface area is 150 Å². The summed E-state index contributed by atoms with van der Waals surface area (Å²) in [7, 11) is 1.50. The van der Waals surface area contributed by atoms with Crippen molar-refractivity contribution in [3.05, 3.63) is 77.1 Å². The lowest BCUT2D eigenvalue weighted by molar-refractivity contribution is 0.102. The molecule has 6 heteroatoms. The molecule has 1 aromatic heterocycles. The van der Waals surface area contributed by atoms with Crippen LogP contribution in [0.3, 0.4) is 0 Å². The van der Waals surface area contributed by atoms with Gasteiger partial charge in [-0.05, 0) is 36.4 Å². The van der Waals surface area contributed by atoms with Crippen LogP contribution in [-0.2, 0) is 0 Å². The first-order chi connectivity index (χ1) is 12.1. The zero-order valence-electron chi connectivity index (χ0n) is 13.4. The average molecular weight is 352 g/mol. The van der Waals surface area contributed by atoms with Crippen LogP contribution in [0.15, 0.2) is 60.9 Å². The predicted molar refractivity (Wildman–Crippen MR) is 96.4 cm³/mol. The lowest BCUT2D eigenvalue weighted by atomic mass is 10.1. The highest BCUT2D eigenvalue weighted by molar-refractivity contribution is 6.33. The summed E-state index contributed by atoms with van der Waals surface area (Å²) in [6, 6.07) is 15.8. The van der Waals surface area contributed by atoms with Crippen LogP contribution in [0.5, 0.6) is 5.75 Å². The number of nitriles is 1. The van der Waals surface area contributed by atoms with Crippen LogP contribution in [0.4, 0.5) is 5.69 Å². The van der Waals surface area contributed by atoms with Crippen molar-refractivity contribution >= 4 is 23.2 Å². The number of hydrogen-bond acceptors (Lipinski definition) is 3. The predicted octanol–water partition coefficient (Wildman–Crippen LogP) is 4.26. The van der Waals surface area contributed by atoms with Crippen LogP contribution in [0.2, 0.25) is 5.02 Å². The summed E-state index contributed by atoms with van der Waals surface area (Å²) in [4.78, 5) is 12.6. The number of ether oxygens (including phenoxy) is 1. The van der Waals surface area contributed by atoms with Gasteiger partial charge in [-0.1, -0.05) is 17.7 Å². The maximum absolute atomic E-state index is 12.6. The number of benzene rings is 2. The van der Waals surface area contributed by atoms with E-state index < -0.39 is 0 Å². The molecule has 0 unspecified atom stereocenters. The fraction of sp³-hybridized carbons (Fsp3) is 0.0526. The van der Waals surface area contributed by atoms with Crippen molar-refractivity contribution in [1.82, 2.24) is 4.57 Å². The highest BCUT2D eigenvalue weighted by Crippen LogP contribution is 2.30. The maximum atomic E-state index is 12.6. The smallest absolute Gasteiger partial charge is 0.259 e. The van der Waals surface area contributed by atoms with E-state index in [-0.39, 0.29) is 5.91 Å². The number of hydrogen-bond donors (Lipinski definition) is 1. The van der Waals surface area contributed by atoms with Gasteiger partial charge in [-0.3, -0.25) is 4.79 Å². The molecule has 3 rings (SSSR count). The molecule has 0 aliphatic heterocycles. The van der Waals surface area contributed by atoms with Crippen LogP contribution < -0.4 is 10.1 Å². The van der Waals surface area contributed by atoms with Gasteiger partial charge >= 0.3 is 0 Å². The molecule has 0 saturated carbocycles. The third kappa shape index (κ3) is 3.49. The number of aromatic nitrogens is 1. The second kappa shape index (κ2) is 7.12. The summed E-state index contributed by atoms with van der Waals surface area (Å²) in [6.45, 7) is 0. The molecule has 3 aromatic rings. The van der Waals surface area contributed by atoms with E-state index in [1.807, 2.05) is 35.2 Å². The second-order valence-corrected chi connectivity index (χ2v) is 5.65. The zero-order chi connectivity index (χ0) is 17.8. The minimum atomic E-state index is -0.368. The Kier molecular flexibility index (Phi) is 4.73. The van der Waals surface area contributed by atoms with E-state index in [1.54, 1.807) is 36.4 Å². The first kappa shape index (κ1) is 16.6. The number of carbonyl (C=O) groups is 1. The van der Waals surface area contributed by atoms with Gasteiger partial charge in [0.15, 0.2) is 0 Å². The summed E-state index contributed by atoms with van der Waals surface area (Å²) >= 11 is 6.35. The fourth-order valence-electron chi connectivity index (χ4n) is 2.45. The van der Waals surface area contributed by atoms with E-state index >= 15 is 0 Å². The van der Waals surface area contributed by atoms with Gasteiger partial charge in [0.2, 0.25) is 0 Å². The van der Waals surface area contributed by atoms with Crippen LogP contribution in [-0.4, -0.2) is 17.6 Å². The molecule has 25 heavy (non-hydrogen) atoms. The third-order valence-corrected chi connectivity index (χ3v) is 3.95. The first-order valence-corrected chi connectivity index (χ1v) is 7.82. The van der Waals surface area contributed by atoms with E-state index in [0.29, 0.717) is 33.3 Å². The van der Waals surface area contributed by atoms with Crippen molar-refractivity contribution in [2.24, 2.45) is 0 Å². The normalized spacial score (nSPS) is 10.1. The molecule has 0 fully saturated rings. The monoisotopic (exact) mass is 351 g/mol. The van der Waals surface area contributed by atoms with Crippen LogP contribution >= 0.6 is 11.6 Å². The standard InChI is InChI=1S/C19H14ClN3O2/c1-25-18-11-17(23-7-2-3-8-23)16(20)10-15(18)19(24)22-14-6-4-5-13(9-14)12-21/h2-11H,1H3,(H,22,24). The molecule has 1 heterocycles. The summed E-state index contributed by atoms with van der Waals surface area (Å²) in [5.41, 5.74) is 2.01. The molecule has 0 radical (unpaired) electrons. The minimum absolute atomic E-state index is 0.311. The Bertz CT molecular complexity index is 959. The molecule has 0 aliphatic carbocycles. The van der Waals surface area contributed by atoms with Crippen molar-refractivity contribution in [2.75, 3.05) is 12.4 Å². The van der Waals surface area contributed by atoms with Gasteiger partial charge < -0.3 is 14.6 Å². The second-order valence-electron chi connectivity index (χ2n) is 5.24. The molecule has 5 nitrogen and oxygen atoms in total. The lowest BCUT2D eigenvalue weighted by Gasteiger charge is -2.13. The Morgan fingerprint density at radius 3 is 2.64 bits per heavy atom. The molecule has 124 valence electrons. The molecule has 1 amide bonds. The molecule has 0 saturated heterocycles. The number of halogens is 1. The third-order valence-electron chi connectivity index (χ3n) is 3.65. The molecular weight excluding hydrogens is 338 g/mol. The summed E-state index contributed by atoms with van der Waals surface area (Å²) < 4.78 is 7.19. The molecule has 0 spiro atoms. The first-order valence-electron chi connectivity index (χ1n) is 7.45. The van der Waals surface area contributed by atoms with Crippen molar-refractivity contribution in [3.8, 4) is 17.5 Å². The molecule has 1 N–H and O–H groups in total. The Morgan fingerprint density at radius 2 is 1.96 bits per heavy atom. The number of rotatable bonds is 4. The van der Waals surface area contributed by atoms with E-state index in [9.17, 15) is 4.79 Å². The van der Waals surface area contributed by atoms with Gasteiger partial charge in [0, 0.05) is 24.1 Å². The number of methoxy groups -OCH3 is 1. The summed E-state index contributed by atoms with van der Waals surface area (Å²) in [5, 5.41) is 12.1.